The molecule has 2 amide bonds. The van der Waals surface area contributed by atoms with Crippen LogP contribution in [-0.4, -0.2) is 21.8 Å². The van der Waals surface area contributed by atoms with Crippen LogP contribution in [-0.2, 0) is 6.54 Å². The van der Waals surface area contributed by atoms with Gasteiger partial charge >= 0.3 is 0 Å². The number of fused-ring (bicyclic) bond motifs is 1. The van der Waals surface area contributed by atoms with Crippen molar-refractivity contribution in [2.24, 2.45) is 0 Å². The number of carbonyl (C=O) groups excluding carboxylic acids is 2. The molecular weight excluding hydrogens is 275 g/mol. The maximum atomic E-state index is 13.2. The summed E-state index contributed by atoms with van der Waals surface area (Å²) in [6.07, 6.45) is 0. The van der Waals surface area contributed by atoms with E-state index in [9.17, 15) is 19.1 Å². The minimum atomic E-state index is -0.557. The van der Waals surface area contributed by atoms with Gasteiger partial charge in [-0.1, -0.05) is 6.07 Å². The van der Waals surface area contributed by atoms with Gasteiger partial charge in [-0.2, -0.15) is 0 Å². The van der Waals surface area contributed by atoms with Gasteiger partial charge < -0.3 is 10.8 Å². The molecule has 5 nitrogen and oxygen atoms in total. The fourth-order valence-corrected chi connectivity index (χ4v) is 2.35. The number of nitrogen functional groups attached to an aromatic ring is 1. The molecule has 0 saturated carbocycles. The highest BCUT2D eigenvalue weighted by molar-refractivity contribution is 6.23. The molecule has 6 heteroatoms. The van der Waals surface area contributed by atoms with Gasteiger partial charge in [0.1, 0.15) is 11.6 Å². The molecule has 3 rings (SSSR count). The van der Waals surface area contributed by atoms with E-state index < -0.39 is 17.6 Å². The second kappa shape index (κ2) is 4.59. The number of hydrogen-bond acceptors (Lipinski definition) is 4. The first kappa shape index (κ1) is 13.1. The zero-order chi connectivity index (χ0) is 15.1. The van der Waals surface area contributed by atoms with Crippen LogP contribution in [0.5, 0.6) is 5.75 Å². The predicted octanol–water partition coefficient (Wildman–Crippen LogP) is 1.91. The summed E-state index contributed by atoms with van der Waals surface area (Å²) in [5.41, 5.74) is 6.47. The van der Waals surface area contributed by atoms with Crippen LogP contribution >= 0.6 is 0 Å². The Morgan fingerprint density at radius 2 is 1.90 bits per heavy atom. The van der Waals surface area contributed by atoms with Crippen LogP contribution in [0.15, 0.2) is 36.4 Å². The number of imide groups is 1. The minimum absolute atomic E-state index is 0.151. The Bertz CT molecular complexity index is 774. The average molecular weight is 286 g/mol. The maximum absolute atomic E-state index is 13.2. The molecule has 2 aromatic carbocycles. The van der Waals surface area contributed by atoms with Crippen molar-refractivity contribution in [3.63, 3.8) is 0 Å². The monoisotopic (exact) mass is 286 g/mol. The van der Waals surface area contributed by atoms with Gasteiger partial charge in [-0.15, -0.1) is 0 Å². The van der Waals surface area contributed by atoms with Crippen molar-refractivity contribution < 1.29 is 19.1 Å². The van der Waals surface area contributed by atoms with Gasteiger partial charge in [-0.05, 0) is 30.3 Å². The quantitative estimate of drug-likeness (QED) is 0.652. The Labute approximate surface area is 119 Å². The average Bonchev–Trinajstić information content (AvgIpc) is 2.69. The second-order valence-corrected chi connectivity index (χ2v) is 4.74. The number of carbonyl (C=O) groups is 2. The number of phenols is 1. The Morgan fingerprint density at radius 3 is 2.62 bits per heavy atom. The Hall–Kier alpha value is -2.89. The Kier molecular flexibility index (Phi) is 2.86. The Balaban J connectivity index is 1.99. The van der Waals surface area contributed by atoms with Gasteiger partial charge in [0.05, 0.1) is 17.7 Å². The number of nitrogens with zero attached hydrogens (tertiary/aromatic N) is 1. The summed E-state index contributed by atoms with van der Waals surface area (Å²) in [6, 6.07) is 7.99. The highest BCUT2D eigenvalue weighted by Crippen LogP contribution is 2.30. The first-order chi connectivity index (χ1) is 9.99. The first-order valence-corrected chi connectivity index (χ1v) is 6.21. The number of phenolic OH excluding ortho intramolecular Hbond substituents is 1. The van der Waals surface area contributed by atoms with Gasteiger partial charge in [0.2, 0.25) is 0 Å². The summed E-state index contributed by atoms with van der Waals surface area (Å²) >= 11 is 0. The topological polar surface area (TPSA) is 83.6 Å². The lowest BCUT2D eigenvalue weighted by Gasteiger charge is -2.14. The van der Waals surface area contributed by atoms with E-state index in [1.54, 1.807) is 6.07 Å². The van der Waals surface area contributed by atoms with Crippen molar-refractivity contribution in [2.45, 2.75) is 6.54 Å². The minimum Gasteiger partial charge on any atom is -0.508 e. The number of halogens is 1. The smallest absolute Gasteiger partial charge is 0.263 e. The third-order valence-corrected chi connectivity index (χ3v) is 3.40. The number of benzene rings is 2. The molecule has 0 atom stereocenters. The van der Waals surface area contributed by atoms with Crippen molar-refractivity contribution in [3.05, 3.63) is 58.9 Å². The molecule has 0 unspecified atom stereocenters. The molecule has 0 fully saturated rings. The Morgan fingerprint density at radius 1 is 1.14 bits per heavy atom. The normalized spacial score (nSPS) is 13.7. The van der Waals surface area contributed by atoms with Gasteiger partial charge in [0.25, 0.3) is 11.8 Å². The summed E-state index contributed by atoms with van der Waals surface area (Å²) in [5, 5.41) is 9.70. The van der Waals surface area contributed by atoms with Crippen LogP contribution in [0.3, 0.4) is 0 Å². The summed E-state index contributed by atoms with van der Waals surface area (Å²) in [7, 11) is 0. The molecular formula is C15H11FN2O3. The van der Waals surface area contributed by atoms with Gasteiger partial charge in [-0.3, -0.25) is 14.5 Å². The molecule has 1 aliphatic heterocycles. The van der Waals surface area contributed by atoms with E-state index in [0.29, 0.717) is 0 Å². The van der Waals surface area contributed by atoms with Crippen LogP contribution in [0.4, 0.5) is 10.1 Å². The molecule has 1 aliphatic rings. The SMILES string of the molecule is Nc1cccc2c1C(=O)N(Cc1cc(F)ccc1O)C2=O. The lowest BCUT2D eigenvalue weighted by Crippen LogP contribution is -2.29. The van der Waals surface area contributed by atoms with E-state index in [1.165, 1.54) is 18.2 Å². The van der Waals surface area contributed by atoms with Crippen molar-refractivity contribution in [1.29, 1.82) is 0 Å². The zero-order valence-corrected chi connectivity index (χ0v) is 10.8. The molecule has 0 bridgehead atoms. The molecule has 21 heavy (non-hydrogen) atoms. The highest BCUT2D eigenvalue weighted by Gasteiger charge is 2.37. The first-order valence-electron chi connectivity index (χ1n) is 6.21. The van der Waals surface area contributed by atoms with Crippen molar-refractivity contribution in [1.82, 2.24) is 4.90 Å². The summed E-state index contributed by atoms with van der Waals surface area (Å²) in [4.78, 5) is 25.5. The molecule has 0 aliphatic carbocycles. The van der Waals surface area contributed by atoms with Crippen molar-refractivity contribution >= 4 is 17.5 Å². The van der Waals surface area contributed by atoms with Crippen molar-refractivity contribution in [2.75, 3.05) is 5.73 Å². The molecule has 0 aromatic heterocycles. The van der Waals surface area contributed by atoms with E-state index in [-0.39, 0.29) is 34.7 Å². The molecule has 0 saturated heterocycles. The largest absolute Gasteiger partial charge is 0.508 e. The number of hydrogen-bond donors (Lipinski definition) is 2. The number of amides is 2. The number of aromatic hydroxyl groups is 1. The summed E-state index contributed by atoms with van der Waals surface area (Å²) in [5.74, 6) is -1.79. The van der Waals surface area contributed by atoms with Crippen LogP contribution < -0.4 is 5.73 Å². The van der Waals surface area contributed by atoms with Crippen LogP contribution in [0, 0.1) is 5.82 Å². The molecule has 0 spiro atoms. The van der Waals surface area contributed by atoms with E-state index in [0.717, 1.165) is 17.0 Å². The van der Waals surface area contributed by atoms with Crippen LogP contribution in [0.1, 0.15) is 26.3 Å². The second-order valence-electron chi connectivity index (χ2n) is 4.74. The molecule has 3 N–H and O–H groups in total. The summed E-state index contributed by atoms with van der Waals surface area (Å²) in [6.45, 7) is -0.213. The number of anilines is 1. The zero-order valence-electron chi connectivity index (χ0n) is 10.8. The van der Waals surface area contributed by atoms with Gasteiger partial charge in [0.15, 0.2) is 0 Å². The van der Waals surface area contributed by atoms with Crippen LogP contribution in [0.25, 0.3) is 0 Å². The van der Waals surface area contributed by atoms with Gasteiger partial charge in [-0.25, -0.2) is 4.39 Å². The fraction of sp³-hybridized carbons (Fsp3) is 0.0667. The van der Waals surface area contributed by atoms with E-state index in [4.69, 9.17) is 5.73 Å². The lowest BCUT2D eigenvalue weighted by atomic mass is 10.1. The van der Waals surface area contributed by atoms with Crippen LogP contribution in [0.2, 0.25) is 0 Å². The maximum Gasteiger partial charge on any atom is 0.263 e. The lowest BCUT2D eigenvalue weighted by molar-refractivity contribution is 0.0642. The standard InChI is InChI=1S/C15H11FN2O3/c16-9-4-5-12(19)8(6-9)7-18-14(20)10-2-1-3-11(17)13(10)15(18)21/h1-6,19H,7,17H2. The summed E-state index contributed by atoms with van der Waals surface area (Å²) < 4.78 is 13.2. The number of nitrogens with two attached hydrogens (primary N) is 1. The van der Waals surface area contributed by atoms with Crippen molar-refractivity contribution in [3.8, 4) is 5.75 Å². The predicted molar refractivity (Wildman–Crippen MR) is 73.1 cm³/mol. The highest BCUT2D eigenvalue weighted by atomic mass is 19.1. The van der Waals surface area contributed by atoms with E-state index in [1.807, 2.05) is 0 Å². The molecule has 2 aromatic rings. The molecule has 0 radical (unpaired) electrons. The number of rotatable bonds is 2. The molecule has 106 valence electrons. The third-order valence-electron chi connectivity index (χ3n) is 3.40. The molecule has 1 heterocycles. The van der Waals surface area contributed by atoms with E-state index in [2.05, 4.69) is 0 Å². The fourth-order valence-electron chi connectivity index (χ4n) is 2.35. The van der Waals surface area contributed by atoms with E-state index >= 15 is 0 Å². The third kappa shape index (κ3) is 2.01. The van der Waals surface area contributed by atoms with Gasteiger partial charge in [0, 0.05) is 11.3 Å².